The van der Waals surface area contributed by atoms with Gasteiger partial charge in [0.25, 0.3) is 0 Å². The topological polar surface area (TPSA) is 83.1 Å². The summed E-state index contributed by atoms with van der Waals surface area (Å²) in [6, 6.07) is 9.49. The third-order valence-electron chi connectivity index (χ3n) is 4.24. The third-order valence-corrected chi connectivity index (χ3v) is 5.78. The van der Waals surface area contributed by atoms with Gasteiger partial charge in [0, 0.05) is 18.7 Å². The Bertz CT molecular complexity index is 898. The first-order chi connectivity index (χ1) is 13.3. The molecule has 0 amide bonds. The maximum absolute atomic E-state index is 12.8. The van der Waals surface area contributed by atoms with Crippen molar-refractivity contribution in [2.45, 2.75) is 24.8 Å². The van der Waals surface area contributed by atoms with E-state index in [1.165, 1.54) is 13.2 Å². The van der Waals surface area contributed by atoms with Crippen molar-refractivity contribution in [3.8, 4) is 17.2 Å². The summed E-state index contributed by atoms with van der Waals surface area (Å²) in [4.78, 5) is 0.165. The summed E-state index contributed by atoms with van der Waals surface area (Å²) in [5.41, 5.74) is 1.41. The van der Waals surface area contributed by atoms with Gasteiger partial charge in [0.05, 0.1) is 25.7 Å². The first kappa shape index (κ1) is 22.0. The van der Waals surface area contributed by atoms with E-state index < -0.39 is 16.1 Å². The molecule has 154 valence electrons. The fourth-order valence-corrected chi connectivity index (χ4v) is 4.04. The van der Waals surface area contributed by atoms with Gasteiger partial charge >= 0.3 is 0 Å². The van der Waals surface area contributed by atoms with Crippen LogP contribution in [0.2, 0.25) is 0 Å². The van der Waals surface area contributed by atoms with Crippen molar-refractivity contribution in [2.24, 2.45) is 0 Å². The Kier molecular flexibility index (Phi) is 7.68. The molecule has 0 saturated carbocycles. The lowest BCUT2D eigenvalue weighted by Crippen LogP contribution is -2.27. The summed E-state index contributed by atoms with van der Waals surface area (Å²) in [6.45, 7) is 4.41. The first-order valence-electron chi connectivity index (χ1n) is 8.79. The molecule has 0 radical (unpaired) electrons. The molecule has 2 aromatic rings. The van der Waals surface area contributed by atoms with Gasteiger partial charge in [-0.05, 0) is 55.8 Å². The van der Waals surface area contributed by atoms with Gasteiger partial charge in [-0.25, -0.2) is 13.1 Å². The zero-order valence-corrected chi connectivity index (χ0v) is 17.6. The molecular weight excluding hydrogens is 382 g/mol. The molecule has 1 unspecified atom stereocenters. The molecule has 2 aromatic carbocycles. The van der Waals surface area contributed by atoms with Gasteiger partial charge < -0.3 is 18.9 Å². The maximum atomic E-state index is 12.8. The van der Waals surface area contributed by atoms with E-state index >= 15 is 0 Å². The average Bonchev–Trinajstić information content (AvgIpc) is 2.68. The van der Waals surface area contributed by atoms with Crippen molar-refractivity contribution in [1.29, 1.82) is 0 Å². The lowest BCUT2D eigenvalue weighted by Gasteiger charge is -2.19. The van der Waals surface area contributed by atoms with E-state index in [2.05, 4.69) is 4.72 Å². The molecule has 8 heteroatoms. The molecule has 0 aliphatic heterocycles. The summed E-state index contributed by atoms with van der Waals surface area (Å²) in [7, 11) is 0.945. The quantitative estimate of drug-likeness (QED) is 0.607. The molecule has 1 atom stereocenters. The van der Waals surface area contributed by atoms with Crippen molar-refractivity contribution in [3.05, 3.63) is 47.5 Å². The Balaban J connectivity index is 2.22. The zero-order valence-electron chi connectivity index (χ0n) is 16.8. The average molecular weight is 410 g/mol. The number of benzene rings is 2. The van der Waals surface area contributed by atoms with Crippen LogP contribution in [0.3, 0.4) is 0 Å². The van der Waals surface area contributed by atoms with Gasteiger partial charge in [-0.2, -0.15) is 0 Å². The zero-order chi connectivity index (χ0) is 20.7. The minimum Gasteiger partial charge on any atom is -0.497 e. The van der Waals surface area contributed by atoms with Gasteiger partial charge in [-0.1, -0.05) is 0 Å². The summed E-state index contributed by atoms with van der Waals surface area (Å²) >= 11 is 0. The normalized spacial score (nSPS) is 12.5. The van der Waals surface area contributed by atoms with Gasteiger partial charge in [-0.15, -0.1) is 0 Å². The van der Waals surface area contributed by atoms with E-state index in [1.54, 1.807) is 58.4 Å². The van der Waals surface area contributed by atoms with E-state index in [-0.39, 0.29) is 4.90 Å². The molecule has 2 rings (SSSR count). The van der Waals surface area contributed by atoms with Crippen LogP contribution in [0.5, 0.6) is 17.2 Å². The number of sulfonamides is 1. The molecule has 0 saturated heterocycles. The van der Waals surface area contributed by atoms with Crippen LogP contribution in [-0.4, -0.2) is 43.0 Å². The Hall–Kier alpha value is -2.29. The summed E-state index contributed by atoms with van der Waals surface area (Å²) < 4.78 is 49.5. The largest absolute Gasteiger partial charge is 0.497 e. The molecule has 0 spiro atoms. The van der Waals surface area contributed by atoms with Gasteiger partial charge in [0.2, 0.25) is 10.0 Å². The molecule has 0 aliphatic carbocycles. The number of ether oxygens (including phenoxy) is 4. The minimum absolute atomic E-state index is 0.165. The van der Waals surface area contributed by atoms with Crippen molar-refractivity contribution >= 4 is 10.0 Å². The second kappa shape index (κ2) is 9.77. The molecule has 0 aliphatic rings. The standard InChI is InChI=1S/C20H27NO6S/c1-14-12-17(7-9-19(14)27-11-10-24-3)28(22,23)21-15(2)18-13-16(25-4)6-8-20(18)26-5/h6-9,12-13,15,21H,10-11H2,1-5H3. The van der Waals surface area contributed by atoms with E-state index in [0.717, 1.165) is 5.56 Å². The molecule has 0 fully saturated rings. The van der Waals surface area contributed by atoms with Gasteiger partial charge in [-0.3, -0.25) is 0 Å². The number of methoxy groups -OCH3 is 3. The van der Waals surface area contributed by atoms with Gasteiger partial charge in [0.15, 0.2) is 0 Å². The fraction of sp³-hybridized carbons (Fsp3) is 0.400. The highest BCUT2D eigenvalue weighted by atomic mass is 32.2. The fourth-order valence-electron chi connectivity index (χ4n) is 2.73. The minimum atomic E-state index is -3.74. The van der Waals surface area contributed by atoms with Gasteiger partial charge in [0.1, 0.15) is 23.9 Å². The van der Waals surface area contributed by atoms with E-state index in [1.807, 2.05) is 0 Å². The lowest BCUT2D eigenvalue weighted by molar-refractivity contribution is 0.146. The van der Waals surface area contributed by atoms with Crippen LogP contribution in [0.1, 0.15) is 24.1 Å². The van der Waals surface area contributed by atoms with E-state index in [0.29, 0.717) is 36.0 Å². The highest BCUT2D eigenvalue weighted by Crippen LogP contribution is 2.30. The molecule has 0 heterocycles. The number of hydrogen-bond donors (Lipinski definition) is 1. The van der Waals surface area contributed by atoms with Crippen molar-refractivity contribution in [3.63, 3.8) is 0 Å². The Morgan fingerprint density at radius 1 is 0.964 bits per heavy atom. The number of nitrogens with one attached hydrogen (secondary N) is 1. The molecule has 0 bridgehead atoms. The Labute approximate surface area is 166 Å². The maximum Gasteiger partial charge on any atom is 0.241 e. The second-order valence-electron chi connectivity index (χ2n) is 6.22. The lowest BCUT2D eigenvalue weighted by atomic mass is 10.1. The molecule has 0 aromatic heterocycles. The van der Waals surface area contributed by atoms with Crippen LogP contribution in [-0.2, 0) is 14.8 Å². The van der Waals surface area contributed by atoms with Crippen molar-refractivity contribution < 1.29 is 27.4 Å². The number of rotatable bonds is 10. The van der Waals surface area contributed by atoms with Crippen LogP contribution in [0.25, 0.3) is 0 Å². The first-order valence-corrected chi connectivity index (χ1v) is 10.3. The predicted molar refractivity (Wildman–Crippen MR) is 107 cm³/mol. The van der Waals surface area contributed by atoms with Crippen LogP contribution >= 0.6 is 0 Å². The smallest absolute Gasteiger partial charge is 0.241 e. The predicted octanol–water partition coefficient (Wildman–Crippen LogP) is 3.08. The van der Waals surface area contributed by atoms with Crippen LogP contribution in [0.4, 0.5) is 0 Å². The van der Waals surface area contributed by atoms with Crippen LogP contribution in [0, 0.1) is 6.92 Å². The highest BCUT2D eigenvalue weighted by Gasteiger charge is 2.22. The molecular formula is C20H27NO6S. The van der Waals surface area contributed by atoms with Crippen LogP contribution in [0.15, 0.2) is 41.3 Å². The molecule has 7 nitrogen and oxygen atoms in total. The molecule has 1 N–H and O–H groups in total. The summed E-state index contributed by atoms with van der Waals surface area (Å²) in [5, 5.41) is 0. The van der Waals surface area contributed by atoms with E-state index in [9.17, 15) is 8.42 Å². The third kappa shape index (κ3) is 5.37. The second-order valence-corrected chi connectivity index (χ2v) is 7.93. The Morgan fingerprint density at radius 3 is 2.29 bits per heavy atom. The SMILES string of the molecule is COCCOc1ccc(S(=O)(=O)NC(C)c2cc(OC)ccc2OC)cc1C. The Morgan fingerprint density at radius 2 is 1.68 bits per heavy atom. The van der Waals surface area contributed by atoms with Crippen LogP contribution < -0.4 is 18.9 Å². The number of aryl methyl sites for hydroxylation is 1. The van der Waals surface area contributed by atoms with Crippen molar-refractivity contribution in [1.82, 2.24) is 4.72 Å². The van der Waals surface area contributed by atoms with E-state index in [4.69, 9.17) is 18.9 Å². The highest BCUT2D eigenvalue weighted by molar-refractivity contribution is 7.89. The number of hydrogen-bond acceptors (Lipinski definition) is 6. The van der Waals surface area contributed by atoms with Crippen molar-refractivity contribution in [2.75, 3.05) is 34.5 Å². The summed E-state index contributed by atoms with van der Waals surface area (Å²) in [6.07, 6.45) is 0. The summed E-state index contributed by atoms with van der Waals surface area (Å²) in [5.74, 6) is 1.82. The monoisotopic (exact) mass is 409 g/mol. The molecule has 28 heavy (non-hydrogen) atoms.